The second kappa shape index (κ2) is 12.6. The smallest absolute Gasteiger partial charge is 0.251 e. The van der Waals surface area contributed by atoms with Crippen molar-refractivity contribution in [2.45, 2.75) is 44.6 Å². The summed E-state index contributed by atoms with van der Waals surface area (Å²) in [6.07, 6.45) is 1.10. The van der Waals surface area contributed by atoms with E-state index in [-0.39, 0.29) is 29.6 Å². The minimum atomic E-state index is -1.27. The normalized spacial score (nSPS) is 21.3. The van der Waals surface area contributed by atoms with Crippen LogP contribution in [0.5, 0.6) is 0 Å². The van der Waals surface area contributed by atoms with Gasteiger partial charge in [0.25, 0.3) is 5.91 Å². The van der Waals surface area contributed by atoms with Gasteiger partial charge in [-0.1, -0.05) is 30.3 Å². The van der Waals surface area contributed by atoms with Crippen LogP contribution in [0.15, 0.2) is 54.7 Å². The molecule has 0 spiro atoms. The van der Waals surface area contributed by atoms with Gasteiger partial charge in [0.2, 0.25) is 0 Å². The summed E-state index contributed by atoms with van der Waals surface area (Å²) in [6, 6.07) is 12.4. The monoisotopic (exact) mass is 554 g/mol. The van der Waals surface area contributed by atoms with Crippen molar-refractivity contribution in [3.8, 4) is 11.3 Å². The molecule has 1 amide bonds. The largest absolute Gasteiger partial charge is 0.391 e. The summed E-state index contributed by atoms with van der Waals surface area (Å²) in [5.74, 6) is -1.43. The van der Waals surface area contributed by atoms with Gasteiger partial charge in [0.05, 0.1) is 17.8 Å². The van der Waals surface area contributed by atoms with Crippen LogP contribution in [-0.2, 0) is 16.1 Å². The second-order valence-corrected chi connectivity index (χ2v) is 10.8. The minimum Gasteiger partial charge on any atom is -0.391 e. The molecule has 2 aromatic carbocycles. The molecule has 3 heterocycles. The van der Waals surface area contributed by atoms with E-state index in [1.54, 1.807) is 11.1 Å². The highest BCUT2D eigenvalue weighted by Crippen LogP contribution is 2.38. The zero-order valence-electron chi connectivity index (χ0n) is 22.5. The predicted molar refractivity (Wildman–Crippen MR) is 145 cm³/mol. The first-order valence-electron chi connectivity index (χ1n) is 13.8. The van der Waals surface area contributed by atoms with Gasteiger partial charge in [-0.15, -0.1) is 0 Å². The van der Waals surface area contributed by atoms with Crippen LogP contribution in [0.4, 0.5) is 8.78 Å². The molecule has 10 heteroatoms. The summed E-state index contributed by atoms with van der Waals surface area (Å²) in [6.45, 7) is 4.01. The standard InChI is InChI=1S/C30H36F2N4O4/c1-19(37)30(39)36(17-22-14-33-15-27(22)38)28(21-9-11-40-12-10-21)29-34-26(24-13-23(31)7-8-25(24)32)18-35(29)16-20-5-3-2-4-6-20/h2-8,13,18-19,21-22,27-28,33,37-38H,9-12,14-17H2,1H3. The Kier molecular flexibility index (Phi) is 8.90. The van der Waals surface area contributed by atoms with E-state index >= 15 is 0 Å². The van der Waals surface area contributed by atoms with Gasteiger partial charge in [-0.05, 0) is 49.4 Å². The van der Waals surface area contributed by atoms with Gasteiger partial charge in [0.1, 0.15) is 23.6 Å². The van der Waals surface area contributed by atoms with E-state index in [0.717, 1.165) is 23.8 Å². The van der Waals surface area contributed by atoms with E-state index in [2.05, 4.69) is 5.32 Å². The number of benzene rings is 2. The molecule has 0 bridgehead atoms. The number of imidazole rings is 1. The van der Waals surface area contributed by atoms with Crippen LogP contribution in [0, 0.1) is 23.5 Å². The zero-order chi connectivity index (χ0) is 28.2. The van der Waals surface area contributed by atoms with E-state index in [1.807, 2.05) is 34.9 Å². The summed E-state index contributed by atoms with van der Waals surface area (Å²) >= 11 is 0. The van der Waals surface area contributed by atoms with Crippen molar-refractivity contribution >= 4 is 5.91 Å². The van der Waals surface area contributed by atoms with Crippen molar-refractivity contribution in [3.63, 3.8) is 0 Å². The lowest BCUT2D eigenvalue weighted by atomic mass is 9.88. The molecule has 214 valence electrons. The summed E-state index contributed by atoms with van der Waals surface area (Å²) in [5, 5.41) is 24.2. The SMILES string of the molecule is CC(O)C(=O)N(CC1CNCC1O)C(c1nc(-c2cc(F)ccc2F)cn1Cc1ccccc1)C1CCOCC1. The topological polar surface area (TPSA) is 99.9 Å². The molecule has 0 aliphatic carbocycles. The van der Waals surface area contributed by atoms with Gasteiger partial charge >= 0.3 is 0 Å². The van der Waals surface area contributed by atoms with E-state index in [9.17, 15) is 23.8 Å². The Morgan fingerprint density at radius 1 is 1.18 bits per heavy atom. The molecule has 3 N–H and O–H groups in total. The fourth-order valence-corrected chi connectivity index (χ4v) is 5.77. The predicted octanol–water partition coefficient (Wildman–Crippen LogP) is 3.13. The lowest BCUT2D eigenvalue weighted by molar-refractivity contribution is -0.145. The van der Waals surface area contributed by atoms with Gasteiger partial charge in [-0.3, -0.25) is 4.79 Å². The van der Waals surface area contributed by atoms with Crippen molar-refractivity contribution in [1.82, 2.24) is 19.8 Å². The van der Waals surface area contributed by atoms with Crippen molar-refractivity contribution in [3.05, 3.63) is 77.8 Å². The van der Waals surface area contributed by atoms with Crippen LogP contribution >= 0.6 is 0 Å². The molecule has 2 aliphatic rings. The number of hydrogen-bond acceptors (Lipinski definition) is 6. The Bertz CT molecular complexity index is 1300. The van der Waals surface area contributed by atoms with Crippen LogP contribution in [0.1, 0.15) is 37.2 Å². The van der Waals surface area contributed by atoms with Crippen molar-refractivity contribution < 1.29 is 28.5 Å². The third-order valence-corrected chi connectivity index (χ3v) is 7.90. The molecule has 4 unspecified atom stereocenters. The third-order valence-electron chi connectivity index (χ3n) is 7.90. The highest BCUT2D eigenvalue weighted by atomic mass is 19.1. The van der Waals surface area contributed by atoms with Crippen molar-refractivity contribution in [2.75, 3.05) is 32.8 Å². The van der Waals surface area contributed by atoms with Crippen molar-refractivity contribution in [1.29, 1.82) is 0 Å². The number of carbonyl (C=O) groups excluding carboxylic acids is 1. The maximum absolute atomic E-state index is 14.9. The molecule has 40 heavy (non-hydrogen) atoms. The number of β-amino-alcohol motifs (C(OH)–C–C–N with tert-alkyl or cyclic N) is 1. The molecule has 8 nitrogen and oxygen atoms in total. The fourth-order valence-electron chi connectivity index (χ4n) is 5.77. The number of carbonyl (C=O) groups is 1. The molecular formula is C30H36F2N4O4. The van der Waals surface area contributed by atoms with E-state index in [1.165, 1.54) is 6.92 Å². The average Bonchev–Trinajstić information content (AvgIpc) is 3.56. The van der Waals surface area contributed by atoms with E-state index in [4.69, 9.17) is 9.72 Å². The number of hydrogen-bond donors (Lipinski definition) is 3. The van der Waals surface area contributed by atoms with Crippen LogP contribution < -0.4 is 5.32 Å². The lowest BCUT2D eigenvalue weighted by Gasteiger charge is -2.40. The number of aliphatic hydroxyl groups excluding tert-OH is 2. The van der Waals surface area contributed by atoms with Crippen molar-refractivity contribution in [2.24, 2.45) is 11.8 Å². The quantitative estimate of drug-likeness (QED) is 0.376. The molecule has 3 aromatic rings. The van der Waals surface area contributed by atoms with Crippen LogP contribution in [0.2, 0.25) is 0 Å². The number of nitrogens with one attached hydrogen (secondary N) is 1. The first kappa shape index (κ1) is 28.4. The van der Waals surface area contributed by atoms with Crippen LogP contribution in [0.3, 0.4) is 0 Å². The van der Waals surface area contributed by atoms with Crippen LogP contribution in [0.25, 0.3) is 11.3 Å². The third kappa shape index (κ3) is 6.25. The lowest BCUT2D eigenvalue weighted by Crippen LogP contribution is -2.48. The maximum atomic E-state index is 14.9. The fraction of sp³-hybridized carbons (Fsp3) is 0.467. The Balaban J connectivity index is 1.65. The highest BCUT2D eigenvalue weighted by Gasteiger charge is 2.40. The van der Waals surface area contributed by atoms with Gasteiger partial charge < -0.3 is 29.7 Å². The summed E-state index contributed by atoms with van der Waals surface area (Å²) in [7, 11) is 0. The molecule has 2 saturated heterocycles. The minimum absolute atomic E-state index is 0.0302. The van der Waals surface area contributed by atoms with Gasteiger partial charge in [0, 0.05) is 57.1 Å². The summed E-state index contributed by atoms with van der Waals surface area (Å²) < 4.78 is 36.6. The molecular weight excluding hydrogens is 518 g/mol. The van der Waals surface area contributed by atoms with Crippen LogP contribution in [-0.4, -0.2) is 75.6 Å². The average molecular weight is 555 g/mol. The molecule has 4 atom stereocenters. The van der Waals surface area contributed by atoms with E-state index < -0.39 is 35.8 Å². The Morgan fingerprint density at radius 3 is 2.60 bits per heavy atom. The van der Waals surface area contributed by atoms with Gasteiger partial charge in [0.15, 0.2) is 0 Å². The maximum Gasteiger partial charge on any atom is 0.251 e. The highest BCUT2D eigenvalue weighted by molar-refractivity contribution is 5.80. The number of rotatable bonds is 9. The zero-order valence-corrected chi connectivity index (χ0v) is 22.5. The molecule has 0 radical (unpaired) electrons. The second-order valence-electron chi connectivity index (χ2n) is 10.8. The first-order valence-corrected chi connectivity index (χ1v) is 13.8. The number of aliphatic hydroxyl groups is 2. The Morgan fingerprint density at radius 2 is 1.93 bits per heavy atom. The Labute approximate surface area is 232 Å². The summed E-state index contributed by atoms with van der Waals surface area (Å²) in [4.78, 5) is 20.1. The Hall–Kier alpha value is -3.18. The first-order chi connectivity index (χ1) is 19.3. The number of amides is 1. The van der Waals surface area contributed by atoms with E-state index in [0.29, 0.717) is 51.5 Å². The summed E-state index contributed by atoms with van der Waals surface area (Å²) in [5.41, 5.74) is 1.26. The molecule has 5 rings (SSSR count). The number of halogens is 2. The number of nitrogens with zero attached hydrogens (tertiary/aromatic N) is 3. The number of aromatic nitrogens is 2. The molecule has 1 aromatic heterocycles. The molecule has 2 aliphatic heterocycles. The molecule has 2 fully saturated rings. The molecule has 0 saturated carbocycles. The van der Waals surface area contributed by atoms with Gasteiger partial charge in [-0.25, -0.2) is 13.8 Å². The number of ether oxygens (including phenoxy) is 1. The van der Waals surface area contributed by atoms with Gasteiger partial charge in [-0.2, -0.15) is 0 Å².